The number of ether oxygens (including phenoxy) is 1. The predicted molar refractivity (Wildman–Crippen MR) is 141 cm³/mol. The quantitative estimate of drug-likeness (QED) is 0.121. The molecule has 4 rings (SSSR count). The van der Waals surface area contributed by atoms with Crippen molar-refractivity contribution in [3.63, 3.8) is 0 Å². The van der Waals surface area contributed by atoms with E-state index >= 15 is 0 Å². The van der Waals surface area contributed by atoms with E-state index in [1.165, 1.54) is 0 Å². The SMILES string of the molecule is O=C(OC1c2cc(CCC(F)(F)C(F)(F)C(F)(F)C(F)(F)F)ccc2-c2ccc(CCC(F)(F)C(F)(F)C(F)(F)C(F)(F)F)cc21)ON1C(=O)CCC1=O. The van der Waals surface area contributed by atoms with Gasteiger partial charge in [0, 0.05) is 36.8 Å². The van der Waals surface area contributed by atoms with Gasteiger partial charge in [0.2, 0.25) is 0 Å². The highest BCUT2D eigenvalue weighted by Gasteiger charge is 2.82. The second-order valence-corrected chi connectivity index (χ2v) is 12.0. The third-order valence-corrected chi connectivity index (χ3v) is 8.35. The van der Waals surface area contributed by atoms with E-state index < -0.39 is 122 Å². The maximum atomic E-state index is 14.2. The van der Waals surface area contributed by atoms with Crippen molar-refractivity contribution in [3.05, 3.63) is 58.7 Å². The number of carbonyl (C=O) groups excluding carboxylic acids is 3. The molecule has 6 nitrogen and oxygen atoms in total. The Morgan fingerprint density at radius 3 is 1.26 bits per heavy atom. The van der Waals surface area contributed by atoms with Crippen molar-refractivity contribution in [1.82, 2.24) is 5.06 Å². The van der Waals surface area contributed by atoms with E-state index in [1.807, 2.05) is 0 Å². The zero-order valence-electron chi connectivity index (χ0n) is 26.1. The number of rotatable bonds is 12. The molecule has 2 amide bonds. The molecule has 0 radical (unpaired) electrons. The first-order valence-corrected chi connectivity index (χ1v) is 14.7. The molecule has 0 N–H and O–H groups in total. The number of hydrogen-bond acceptors (Lipinski definition) is 5. The fourth-order valence-corrected chi connectivity index (χ4v) is 5.34. The van der Waals surface area contributed by atoms with Gasteiger partial charge < -0.3 is 4.74 Å². The van der Waals surface area contributed by atoms with Crippen molar-refractivity contribution in [2.75, 3.05) is 0 Å². The normalized spacial score (nSPS) is 16.5. The summed E-state index contributed by atoms with van der Waals surface area (Å²) in [5, 5.41) is -0.0378. The summed E-state index contributed by atoms with van der Waals surface area (Å²) >= 11 is 0. The van der Waals surface area contributed by atoms with E-state index in [0.717, 1.165) is 36.4 Å². The molecule has 0 unspecified atom stereocenters. The summed E-state index contributed by atoms with van der Waals surface area (Å²) in [6.07, 6.45) is -26.2. The van der Waals surface area contributed by atoms with Gasteiger partial charge in [0.15, 0.2) is 6.10 Å². The van der Waals surface area contributed by atoms with Crippen LogP contribution in [0.5, 0.6) is 0 Å². The zero-order valence-corrected chi connectivity index (χ0v) is 26.1. The molecule has 0 aromatic heterocycles. The van der Waals surface area contributed by atoms with Gasteiger partial charge in [0.25, 0.3) is 11.8 Å². The van der Waals surface area contributed by atoms with E-state index in [9.17, 15) is 93.4 Å². The van der Waals surface area contributed by atoms with Crippen LogP contribution < -0.4 is 0 Å². The molecule has 2 aromatic carbocycles. The molecule has 1 heterocycles. The van der Waals surface area contributed by atoms with Crippen LogP contribution in [0.4, 0.5) is 83.8 Å². The fourth-order valence-electron chi connectivity index (χ4n) is 5.34. The summed E-state index contributed by atoms with van der Waals surface area (Å²) < 4.78 is 246. The van der Waals surface area contributed by atoms with Gasteiger partial charge in [-0.25, -0.2) is 4.79 Å². The molecule has 1 saturated heterocycles. The van der Waals surface area contributed by atoms with Gasteiger partial charge in [-0.3, -0.25) is 14.4 Å². The number of nitrogens with zero attached hydrogens (tertiary/aromatic N) is 1. The minimum atomic E-state index is -7.18. The van der Waals surface area contributed by atoms with Crippen molar-refractivity contribution in [2.45, 2.75) is 92.5 Å². The monoisotopic (exact) mass is 815 g/mol. The van der Waals surface area contributed by atoms with Crippen LogP contribution >= 0.6 is 0 Å². The number of alkyl halides is 18. The Kier molecular flexibility index (Phi) is 10.5. The van der Waals surface area contributed by atoms with Gasteiger partial charge in [0.05, 0.1) is 0 Å². The van der Waals surface area contributed by atoms with Crippen LogP contribution in [0.15, 0.2) is 36.4 Å². The molecule has 1 aliphatic heterocycles. The first-order valence-electron chi connectivity index (χ1n) is 14.7. The second kappa shape index (κ2) is 13.4. The molecule has 0 atom stereocenters. The highest BCUT2D eigenvalue weighted by Crippen LogP contribution is 2.56. The van der Waals surface area contributed by atoms with Crippen LogP contribution in [0.3, 0.4) is 0 Å². The summed E-state index contributed by atoms with van der Waals surface area (Å²) in [5.41, 5.74) is -1.87. The average molecular weight is 815 g/mol. The smallest absolute Gasteiger partial charge is 0.420 e. The maximum absolute atomic E-state index is 14.2. The third kappa shape index (κ3) is 7.10. The number of halogens is 18. The summed E-state index contributed by atoms with van der Waals surface area (Å²) in [4.78, 5) is 40.9. The van der Waals surface area contributed by atoms with E-state index in [-0.39, 0.29) is 27.3 Å². The van der Waals surface area contributed by atoms with Crippen LogP contribution in [0, 0.1) is 0 Å². The molecule has 54 heavy (non-hydrogen) atoms. The van der Waals surface area contributed by atoms with Crippen molar-refractivity contribution in [3.8, 4) is 11.1 Å². The number of aryl methyl sites for hydroxylation is 2. The van der Waals surface area contributed by atoms with E-state index in [4.69, 9.17) is 4.74 Å². The van der Waals surface area contributed by atoms with Gasteiger partial charge in [0.1, 0.15) is 0 Å². The Labute approximate surface area is 288 Å². The van der Waals surface area contributed by atoms with Crippen LogP contribution in [-0.2, 0) is 32.0 Å². The Balaban J connectivity index is 1.66. The van der Waals surface area contributed by atoms with Gasteiger partial charge in [-0.1, -0.05) is 41.5 Å². The molecule has 24 heteroatoms. The fraction of sp³-hybridized carbons (Fsp3) is 0.500. The number of fused-ring (bicyclic) bond motifs is 3. The minimum Gasteiger partial charge on any atom is -0.420 e. The first kappa shape index (κ1) is 42.3. The Morgan fingerprint density at radius 1 is 0.574 bits per heavy atom. The molecule has 0 saturated carbocycles. The maximum Gasteiger partial charge on any atom is 0.534 e. The standard InChI is InChI=1S/C30H19F18NO5/c31-23(32,25(35,36)27(39,40)29(43,44)45)9-7-13-1-3-15-16-4-2-14(8-10-24(33,34)26(37,38)28(41,42)30(46,47)48)12-18(16)21(17(15)11-13)53-22(52)54-49-19(50)5-6-20(49)51/h1-4,11-12,21H,5-10H2. The molecule has 1 fully saturated rings. The first-order chi connectivity index (χ1) is 24.3. The largest absolute Gasteiger partial charge is 0.534 e. The number of imide groups is 1. The highest BCUT2D eigenvalue weighted by molar-refractivity contribution is 6.01. The van der Waals surface area contributed by atoms with Crippen LogP contribution in [0.25, 0.3) is 11.1 Å². The average Bonchev–Trinajstić information content (AvgIpc) is 3.51. The Hall–Kier alpha value is -4.41. The molecular weight excluding hydrogens is 796 g/mol. The molecule has 0 bridgehead atoms. The van der Waals surface area contributed by atoms with Crippen LogP contribution in [-0.4, -0.2) is 70.9 Å². The molecule has 0 spiro atoms. The van der Waals surface area contributed by atoms with Crippen molar-refractivity contribution >= 4 is 18.0 Å². The van der Waals surface area contributed by atoms with Crippen LogP contribution in [0.1, 0.15) is 54.0 Å². The number of benzene rings is 2. The van der Waals surface area contributed by atoms with Crippen LogP contribution in [0.2, 0.25) is 0 Å². The van der Waals surface area contributed by atoms with Gasteiger partial charge in [-0.15, -0.1) is 0 Å². The number of hydroxylamine groups is 2. The molecule has 2 aliphatic rings. The van der Waals surface area contributed by atoms with E-state index in [1.54, 1.807) is 0 Å². The lowest BCUT2D eigenvalue weighted by Gasteiger charge is -2.33. The zero-order chi connectivity index (χ0) is 41.3. The number of amides is 2. The molecule has 2 aromatic rings. The summed E-state index contributed by atoms with van der Waals surface area (Å²) in [6, 6.07) is 5.28. The van der Waals surface area contributed by atoms with Gasteiger partial charge in [-0.2, -0.15) is 79.0 Å². The lowest BCUT2D eigenvalue weighted by atomic mass is 9.95. The molecule has 1 aliphatic carbocycles. The van der Waals surface area contributed by atoms with E-state index in [0.29, 0.717) is 0 Å². The summed E-state index contributed by atoms with van der Waals surface area (Å²) in [5.74, 6) is -42.4. The predicted octanol–water partition coefficient (Wildman–Crippen LogP) is 9.78. The van der Waals surface area contributed by atoms with Crippen molar-refractivity contribution in [1.29, 1.82) is 0 Å². The summed E-state index contributed by atoms with van der Waals surface area (Å²) in [6.45, 7) is 0. The summed E-state index contributed by atoms with van der Waals surface area (Å²) in [7, 11) is 0. The molecular formula is C30H19F18NO5. The third-order valence-electron chi connectivity index (χ3n) is 8.35. The lowest BCUT2D eigenvalue weighted by Crippen LogP contribution is -2.60. The van der Waals surface area contributed by atoms with Gasteiger partial charge >= 0.3 is 54.0 Å². The minimum absolute atomic E-state index is 0.0378. The number of carbonyl (C=O) groups is 3. The Morgan fingerprint density at radius 2 is 0.926 bits per heavy atom. The molecule has 300 valence electrons. The number of hydrogen-bond donors (Lipinski definition) is 0. The van der Waals surface area contributed by atoms with Crippen molar-refractivity contribution < 1.29 is 103 Å². The van der Waals surface area contributed by atoms with Crippen molar-refractivity contribution in [2.24, 2.45) is 0 Å². The second-order valence-electron chi connectivity index (χ2n) is 12.0. The topological polar surface area (TPSA) is 72.9 Å². The highest BCUT2D eigenvalue weighted by atomic mass is 19.4. The van der Waals surface area contributed by atoms with E-state index in [2.05, 4.69) is 4.84 Å². The van der Waals surface area contributed by atoms with Gasteiger partial charge in [-0.05, 0) is 35.1 Å². The Bertz CT molecular complexity index is 1680. The lowest BCUT2D eigenvalue weighted by molar-refractivity contribution is -0.396.